The van der Waals surface area contributed by atoms with Gasteiger partial charge in [0.15, 0.2) is 0 Å². The Bertz CT molecular complexity index is 1700. The molecule has 0 saturated carbocycles. The molecule has 2 aliphatic rings. The molecule has 0 aromatic heterocycles. The van der Waals surface area contributed by atoms with Crippen molar-refractivity contribution in [3.8, 4) is 11.1 Å². The van der Waals surface area contributed by atoms with Crippen LogP contribution in [0.3, 0.4) is 0 Å². The van der Waals surface area contributed by atoms with Crippen LogP contribution in [-0.4, -0.2) is 0 Å². The van der Waals surface area contributed by atoms with Gasteiger partial charge in [-0.1, -0.05) is 103 Å². The Morgan fingerprint density at radius 2 is 0.919 bits per heavy atom. The highest BCUT2D eigenvalue weighted by Crippen LogP contribution is 2.44. The minimum absolute atomic E-state index is 0.292. The Morgan fingerprint density at radius 3 is 1.62 bits per heavy atom. The molecule has 5 bridgehead atoms. The lowest BCUT2D eigenvalue weighted by Crippen LogP contribution is -2.25. The molecule has 2 aliphatic heterocycles. The average molecular weight is 474 g/mol. The van der Waals surface area contributed by atoms with Crippen molar-refractivity contribution in [2.45, 2.75) is 12.3 Å². The Kier molecular flexibility index (Phi) is 4.97. The largest absolute Gasteiger partial charge is 0.310 e. The average Bonchev–Trinajstić information content (AvgIpc) is 2.98. The number of hydrogen-bond acceptors (Lipinski definition) is 1. The highest BCUT2D eigenvalue weighted by atomic mass is 15.1. The fourth-order valence-electron chi connectivity index (χ4n) is 5.78. The van der Waals surface area contributed by atoms with Crippen LogP contribution in [-0.2, 0) is 5.41 Å². The molecule has 2 heterocycles. The van der Waals surface area contributed by atoms with Crippen molar-refractivity contribution in [2.75, 3.05) is 4.90 Å². The van der Waals surface area contributed by atoms with Crippen molar-refractivity contribution in [2.24, 2.45) is 0 Å². The number of hydrogen-bond donors (Lipinski definition) is 0. The van der Waals surface area contributed by atoms with Gasteiger partial charge in [-0.15, -0.1) is 0 Å². The van der Waals surface area contributed by atoms with Crippen LogP contribution in [0.25, 0.3) is 21.9 Å². The predicted octanol–water partition coefficient (Wildman–Crippen LogP) is 9.64. The van der Waals surface area contributed by atoms with Crippen LogP contribution in [0.15, 0.2) is 146 Å². The molecule has 0 N–H and O–H groups in total. The summed E-state index contributed by atoms with van der Waals surface area (Å²) in [4.78, 5) is 2.34. The number of nitrogens with zero attached hydrogens (tertiary/aromatic N) is 1. The van der Waals surface area contributed by atoms with E-state index in [-0.39, 0.29) is 5.41 Å². The van der Waals surface area contributed by atoms with E-state index in [0.29, 0.717) is 0 Å². The maximum absolute atomic E-state index is 2.38. The molecule has 176 valence electrons. The van der Waals surface area contributed by atoms with Gasteiger partial charge in [-0.05, 0) is 88.0 Å². The van der Waals surface area contributed by atoms with Crippen molar-refractivity contribution in [1.82, 2.24) is 0 Å². The van der Waals surface area contributed by atoms with Crippen LogP contribution in [0.2, 0.25) is 0 Å². The summed E-state index contributed by atoms with van der Waals surface area (Å²) in [5.41, 5.74) is 9.53. The SMILES string of the molecule is CC1(c2ccc(-c3ccccc3)cc2)c2ccc(cc2)N(c2ccccc2)c2ccc3ccc1cc3c2. The molecule has 0 radical (unpaired) electrons. The van der Waals surface area contributed by atoms with Crippen LogP contribution < -0.4 is 4.90 Å². The topological polar surface area (TPSA) is 3.24 Å². The zero-order chi connectivity index (χ0) is 24.8. The molecule has 6 aromatic carbocycles. The van der Waals surface area contributed by atoms with Gasteiger partial charge in [-0.3, -0.25) is 0 Å². The van der Waals surface area contributed by atoms with E-state index < -0.39 is 0 Å². The van der Waals surface area contributed by atoms with Gasteiger partial charge in [0.25, 0.3) is 0 Å². The first-order valence-electron chi connectivity index (χ1n) is 12.9. The van der Waals surface area contributed by atoms with E-state index in [1.165, 1.54) is 44.3 Å². The second kappa shape index (κ2) is 8.50. The van der Waals surface area contributed by atoms with Crippen molar-refractivity contribution in [3.05, 3.63) is 162 Å². The summed E-state index contributed by atoms with van der Waals surface area (Å²) in [6.07, 6.45) is 0. The Labute approximate surface area is 218 Å². The fourth-order valence-corrected chi connectivity index (χ4v) is 5.78. The first-order chi connectivity index (χ1) is 18.2. The zero-order valence-corrected chi connectivity index (χ0v) is 20.8. The summed E-state index contributed by atoms with van der Waals surface area (Å²) >= 11 is 0. The van der Waals surface area contributed by atoms with Crippen LogP contribution in [0.5, 0.6) is 0 Å². The van der Waals surface area contributed by atoms with Gasteiger partial charge in [-0.25, -0.2) is 0 Å². The molecule has 1 nitrogen and oxygen atoms in total. The number of fused-ring (bicyclic) bond motifs is 2. The van der Waals surface area contributed by atoms with Gasteiger partial charge in [0.05, 0.1) is 0 Å². The zero-order valence-electron chi connectivity index (χ0n) is 20.8. The summed E-state index contributed by atoms with van der Waals surface area (Å²) in [6.45, 7) is 2.36. The molecule has 1 heteroatoms. The maximum Gasteiger partial charge on any atom is 0.0468 e. The number of anilines is 3. The molecule has 0 fully saturated rings. The maximum atomic E-state index is 2.38. The third-order valence-corrected chi connectivity index (χ3v) is 7.95. The van der Waals surface area contributed by atoms with E-state index in [4.69, 9.17) is 0 Å². The van der Waals surface area contributed by atoms with Crippen LogP contribution >= 0.6 is 0 Å². The molecular weight excluding hydrogens is 446 g/mol. The Balaban J connectivity index is 1.44. The molecule has 37 heavy (non-hydrogen) atoms. The molecule has 1 atom stereocenters. The van der Waals surface area contributed by atoms with Crippen LogP contribution in [0.4, 0.5) is 17.1 Å². The second-order valence-electron chi connectivity index (χ2n) is 10.0. The molecule has 8 rings (SSSR count). The first-order valence-corrected chi connectivity index (χ1v) is 12.9. The van der Waals surface area contributed by atoms with Crippen LogP contribution in [0.1, 0.15) is 23.6 Å². The van der Waals surface area contributed by atoms with Gasteiger partial charge in [0.2, 0.25) is 0 Å². The van der Waals surface area contributed by atoms with Crippen molar-refractivity contribution >= 4 is 27.8 Å². The first kappa shape index (κ1) is 21.6. The van der Waals surface area contributed by atoms with E-state index in [9.17, 15) is 0 Å². The van der Waals surface area contributed by atoms with Gasteiger partial charge in [0.1, 0.15) is 0 Å². The van der Waals surface area contributed by atoms with E-state index in [1.807, 2.05) is 0 Å². The standard InChI is InChI=1S/C36H27N/c1-36(30-16-12-27(13-17-30)26-8-4-2-5-9-26)31-19-22-34(23-20-31)37(33-10-6-3-7-11-33)35-21-15-28-14-18-32(36)24-29(28)25-35/h2-25H,1H3. The Morgan fingerprint density at radius 1 is 0.405 bits per heavy atom. The van der Waals surface area contributed by atoms with E-state index in [2.05, 4.69) is 157 Å². The number of benzene rings is 6. The van der Waals surface area contributed by atoms with E-state index >= 15 is 0 Å². The fraction of sp³-hybridized carbons (Fsp3) is 0.0556. The number of para-hydroxylation sites is 1. The van der Waals surface area contributed by atoms with Gasteiger partial charge >= 0.3 is 0 Å². The van der Waals surface area contributed by atoms with Crippen molar-refractivity contribution in [1.29, 1.82) is 0 Å². The molecular formula is C36H27N. The molecule has 0 amide bonds. The normalized spacial score (nSPS) is 16.3. The van der Waals surface area contributed by atoms with Crippen molar-refractivity contribution in [3.63, 3.8) is 0 Å². The van der Waals surface area contributed by atoms with E-state index in [0.717, 1.165) is 11.4 Å². The monoisotopic (exact) mass is 473 g/mol. The van der Waals surface area contributed by atoms with Crippen LogP contribution in [0, 0.1) is 0 Å². The molecule has 1 unspecified atom stereocenters. The summed E-state index contributed by atoms with van der Waals surface area (Å²) in [6, 6.07) is 53.2. The minimum Gasteiger partial charge on any atom is -0.310 e. The third-order valence-electron chi connectivity index (χ3n) is 7.95. The highest BCUT2D eigenvalue weighted by Gasteiger charge is 2.32. The Hall–Kier alpha value is -4.62. The van der Waals surface area contributed by atoms with Gasteiger partial charge in [0, 0.05) is 22.5 Å². The third kappa shape index (κ3) is 3.55. The molecule has 0 saturated heterocycles. The lowest BCUT2D eigenvalue weighted by atomic mass is 9.70. The summed E-state index contributed by atoms with van der Waals surface area (Å²) < 4.78 is 0. The van der Waals surface area contributed by atoms with Gasteiger partial charge < -0.3 is 4.90 Å². The smallest absolute Gasteiger partial charge is 0.0468 e. The predicted molar refractivity (Wildman–Crippen MR) is 156 cm³/mol. The molecule has 0 spiro atoms. The lowest BCUT2D eigenvalue weighted by Gasteiger charge is -2.32. The highest BCUT2D eigenvalue weighted by molar-refractivity contribution is 5.90. The summed E-state index contributed by atoms with van der Waals surface area (Å²) in [7, 11) is 0. The molecule has 0 aliphatic carbocycles. The van der Waals surface area contributed by atoms with Gasteiger partial charge in [-0.2, -0.15) is 0 Å². The summed E-state index contributed by atoms with van der Waals surface area (Å²) in [5, 5.41) is 2.51. The van der Waals surface area contributed by atoms with E-state index in [1.54, 1.807) is 0 Å². The minimum atomic E-state index is -0.292. The quantitative estimate of drug-likeness (QED) is 0.247. The second-order valence-corrected chi connectivity index (χ2v) is 10.0. The number of rotatable bonds is 3. The van der Waals surface area contributed by atoms with Crippen molar-refractivity contribution < 1.29 is 0 Å². The summed E-state index contributed by atoms with van der Waals surface area (Å²) in [5.74, 6) is 0. The molecule has 6 aromatic rings. The lowest BCUT2D eigenvalue weighted by molar-refractivity contribution is 0.694.